The SMILES string of the molecule is OCCNc1nc(Nc2ccc(F)c(F)c2)nc2ccsc12. The van der Waals surface area contributed by atoms with E-state index in [4.69, 9.17) is 5.11 Å². The Morgan fingerprint density at radius 1 is 1.14 bits per heavy atom. The van der Waals surface area contributed by atoms with Crippen LogP contribution in [0.1, 0.15) is 0 Å². The highest BCUT2D eigenvalue weighted by molar-refractivity contribution is 7.17. The number of halogens is 2. The molecule has 0 fully saturated rings. The molecule has 0 saturated carbocycles. The summed E-state index contributed by atoms with van der Waals surface area (Å²) in [6.07, 6.45) is 0. The number of rotatable bonds is 5. The normalized spacial score (nSPS) is 10.9. The van der Waals surface area contributed by atoms with E-state index >= 15 is 0 Å². The Morgan fingerprint density at radius 2 is 2.00 bits per heavy atom. The highest BCUT2D eigenvalue weighted by atomic mass is 32.1. The number of nitrogens with zero attached hydrogens (tertiary/aromatic N) is 2. The number of aliphatic hydroxyl groups excluding tert-OH is 1. The van der Waals surface area contributed by atoms with Crippen LogP contribution in [-0.4, -0.2) is 28.2 Å². The average Bonchev–Trinajstić information content (AvgIpc) is 2.97. The Kier molecular flexibility index (Phi) is 4.12. The number of fused-ring (bicyclic) bond motifs is 1. The van der Waals surface area contributed by atoms with Crippen molar-refractivity contribution in [3.8, 4) is 0 Å². The van der Waals surface area contributed by atoms with Crippen molar-refractivity contribution in [2.45, 2.75) is 0 Å². The van der Waals surface area contributed by atoms with Crippen LogP contribution in [0.15, 0.2) is 29.6 Å². The number of anilines is 3. The second-order valence-corrected chi connectivity index (χ2v) is 5.35. The summed E-state index contributed by atoms with van der Waals surface area (Å²) in [4.78, 5) is 8.63. The molecule has 2 heterocycles. The third-order valence-corrected chi connectivity index (χ3v) is 3.79. The first-order valence-corrected chi connectivity index (χ1v) is 7.37. The minimum absolute atomic E-state index is 0.0250. The molecule has 0 atom stereocenters. The Balaban J connectivity index is 1.94. The minimum atomic E-state index is -0.944. The lowest BCUT2D eigenvalue weighted by Gasteiger charge is -2.09. The van der Waals surface area contributed by atoms with E-state index < -0.39 is 11.6 Å². The van der Waals surface area contributed by atoms with E-state index in [0.29, 0.717) is 18.1 Å². The predicted molar refractivity (Wildman–Crippen MR) is 82.6 cm³/mol. The van der Waals surface area contributed by atoms with Gasteiger partial charge in [0.2, 0.25) is 5.95 Å². The minimum Gasteiger partial charge on any atom is -0.395 e. The van der Waals surface area contributed by atoms with Crippen molar-refractivity contribution >= 4 is 39.0 Å². The Hall–Kier alpha value is -2.32. The summed E-state index contributed by atoms with van der Waals surface area (Å²) in [5.41, 5.74) is 1.08. The fourth-order valence-corrected chi connectivity index (χ4v) is 2.71. The monoisotopic (exact) mass is 322 g/mol. The van der Waals surface area contributed by atoms with Gasteiger partial charge in [0.05, 0.1) is 16.8 Å². The van der Waals surface area contributed by atoms with E-state index in [2.05, 4.69) is 20.6 Å². The lowest BCUT2D eigenvalue weighted by atomic mass is 10.3. The van der Waals surface area contributed by atoms with Gasteiger partial charge in [-0.1, -0.05) is 0 Å². The summed E-state index contributed by atoms with van der Waals surface area (Å²) < 4.78 is 27.0. The molecular weight excluding hydrogens is 310 g/mol. The van der Waals surface area contributed by atoms with Crippen molar-refractivity contribution in [1.82, 2.24) is 9.97 Å². The Labute approximate surface area is 128 Å². The van der Waals surface area contributed by atoms with Crippen LogP contribution in [0, 0.1) is 11.6 Å². The van der Waals surface area contributed by atoms with E-state index in [1.165, 1.54) is 17.4 Å². The van der Waals surface area contributed by atoms with Gasteiger partial charge in [0.1, 0.15) is 5.82 Å². The summed E-state index contributed by atoms with van der Waals surface area (Å²) in [5, 5.41) is 16.6. The van der Waals surface area contributed by atoms with E-state index in [0.717, 1.165) is 22.3 Å². The quantitative estimate of drug-likeness (QED) is 0.673. The standard InChI is InChI=1S/C14H12F2N4OS/c15-9-2-1-8(7-10(9)16)18-14-19-11-3-6-22-12(11)13(20-14)17-4-5-21/h1-3,6-7,21H,4-5H2,(H2,17,18,19,20). The summed E-state index contributed by atoms with van der Waals surface area (Å²) in [6.45, 7) is 0.331. The van der Waals surface area contributed by atoms with E-state index in [1.807, 2.05) is 11.4 Å². The van der Waals surface area contributed by atoms with Gasteiger partial charge in [0.15, 0.2) is 11.6 Å². The van der Waals surface area contributed by atoms with Crippen LogP contribution in [-0.2, 0) is 0 Å². The third-order valence-electron chi connectivity index (χ3n) is 2.88. The molecule has 8 heteroatoms. The number of aromatic nitrogens is 2. The molecular formula is C14H12F2N4OS. The lowest BCUT2D eigenvalue weighted by molar-refractivity contribution is 0.311. The molecule has 0 amide bonds. The number of hydrogen-bond acceptors (Lipinski definition) is 6. The summed E-state index contributed by atoms with van der Waals surface area (Å²) >= 11 is 1.48. The largest absolute Gasteiger partial charge is 0.395 e. The molecule has 5 nitrogen and oxygen atoms in total. The molecule has 0 aliphatic carbocycles. The van der Waals surface area contributed by atoms with Gasteiger partial charge in [-0.05, 0) is 23.6 Å². The van der Waals surface area contributed by atoms with Crippen molar-refractivity contribution in [1.29, 1.82) is 0 Å². The zero-order valence-electron chi connectivity index (χ0n) is 11.3. The molecule has 0 saturated heterocycles. The van der Waals surface area contributed by atoms with Crippen molar-refractivity contribution in [3.63, 3.8) is 0 Å². The second kappa shape index (κ2) is 6.20. The third kappa shape index (κ3) is 2.97. The molecule has 1 aromatic carbocycles. The summed E-state index contributed by atoms with van der Waals surface area (Å²) in [7, 11) is 0. The van der Waals surface area contributed by atoms with Crippen LogP contribution in [0.5, 0.6) is 0 Å². The fraction of sp³-hybridized carbons (Fsp3) is 0.143. The zero-order chi connectivity index (χ0) is 15.5. The lowest BCUT2D eigenvalue weighted by Crippen LogP contribution is -2.08. The molecule has 0 radical (unpaired) electrons. The highest BCUT2D eigenvalue weighted by Crippen LogP contribution is 2.28. The Morgan fingerprint density at radius 3 is 2.77 bits per heavy atom. The number of nitrogens with one attached hydrogen (secondary N) is 2. The predicted octanol–water partition coefficient (Wildman–Crippen LogP) is 3.12. The molecule has 0 aliphatic rings. The summed E-state index contributed by atoms with van der Waals surface area (Å²) in [6, 6.07) is 5.31. The highest BCUT2D eigenvalue weighted by Gasteiger charge is 2.10. The average molecular weight is 322 g/mol. The van der Waals surface area contributed by atoms with Gasteiger partial charge in [-0.15, -0.1) is 11.3 Å². The van der Waals surface area contributed by atoms with Gasteiger partial charge in [-0.3, -0.25) is 0 Å². The van der Waals surface area contributed by atoms with Crippen LogP contribution in [0.3, 0.4) is 0 Å². The molecule has 2 aromatic heterocycles. The van der Waals surface area contributed by atoms with Crippen molar-refractivity contribution in [2.24, 2.45) is 0 Å². The molecule has 22 heavy (non-hydrogen) atoms. The van der Waals surface area contributed by atoms with Crippen LogP contribution in [0.25, 0.3) is 10.2 Å². The summed E-state index contributed by atoms with van der Waals surface area (Å²) in [5.74, 6) is -1.01. The first kappa shape index (κ1) is 14.6. The van der Waals surface area contributed by atoms with E-state index in [1.54, 1.807) is 0 Å². The molecule has 0 bridgehead atoms. The van der Waals surface area contributed by atoms with Crippen LogP contribution < -0.4 is 10.6 Å². The zero-order valence-corrected chi connectivity index (χ0v) is 12.1. The molecule has 0 aliphatic heterocycles. The van der Waals surface area contributed by atoms with Gasteiger partial charge in [0.25, 0.3) is 0 Å². The van der Waals surface area contributed by atoms with Gasteiger partial charge in [-0.2, -0.15) is 4.98 Å². The van der Waals surface area contributed by atoms with E-state index in [-0.39, 0.29) is 12.6 Å². The maximum atomic E-state index is 13.2. The maximum absolute atomic E-state index is 13.2. The van der Waals surface area contributed by atoms with Gasteiger partial charge in [0, 0.05) is 18.3 Å². The van der Waals surface area contributed by atoms with Crippen molar-refractivity contribution in [3.05, 3.63) is 41.3 Å². The van der Waals surface area contributed by atoms with Gasteiger partial charge >= 0.3 is 0 Å². The molecule has 3 aromatic rings. The van der Waals surface area contributed by atoms with Crippen LogP contribution in [0.4, 0.5) is 26.2 Å². The first-order valence-electron chi connectivity index (χ1n) is 6.49. The number of thiophene rings is 1. The van der Waals surface area contributed by atoms with Crippen molar-refractivity contribution in [2.75, 3.05) is 23.8 Å². The fourth-order valence-electron chi connectivity index (χ4n) is 1.92. The van der Waals surface area contributed by atoms with Crippen molar-refractivity contribution < 1.29 is 13.9 Å². The Bertz CT molecular complexity index is 809. The molecule has 3 rings (SSSR count). The van der Waals surface area contributed by atoms with Crippen LogP contribution in [0.2, 0.25) is 0 Å². The molecule has 0 spiro atoms. The molecule has 3 N–H and O–H groups in total. The first-order chi connectivity index (χ1) is 10.7. The van der Waals surface area contributed by atoms with Crippen LogP contribution >= 0.6 is 11.3 Å². The molecule has 114 valence electrons. The topological polar surface area (TPSA) is 70.1 Å². The number of aliphatic hydroxyl groups is 1. The maximum Gasteiger partial charge on any atom is 0.229 e. The van der Waals surface area contributed by atoms with E-state index in [9.17, 15) is 8.78 Å². The van der Waals surface area contributed by atoms with Gasteiger partial charge < -0.3 is 15.7 Å². The van der Waals surface area contributed by atoms with Gasteiger partial charge in [-0.25, -0.2) is 13.8 Å². The second-order valence-electron chi connectivity index (χ2n) is 4.44. The number of hydrogen-bond donors (Lipinski definition) is 3. The smallest absolute Gasteiger partial charge is 0.229 e. The number of benzene rings is 1. The molecule has 0 unspecified atom stereocenters.